The first-order valence-electron chi connectivity index (χ1n) is 10.3. The molecule has 2 amide bonds. The summed E-state index contributed by atoms with van der Waals surface area (Å²) in [6.07, 6.45) is 3.55. The van der Waals surface area contributed by atoms with Gasteiger partial charge in [-0.25, -0.2) is 9.37 Å². The zero-order valence-corrected chi connectivity index (χ0v) is 17.7. The maximum atomic E-state index is 13.0. The van der Waals surface area contributed by atoms with Crippen molar-refractivity contribution in [2.75, 3.05) is 10.6 Å². The molecule has 3 heterocycles. The van der Waals surface area contributed by atoms with Crippen molar-refractivity contribution in [1.29, 1.82) is 0 Å². The van der Waals surface area contributed by atoms with Crippen LogP contribution in [0.5, 0.6) is 0 Å². The van der Waals surface area contributed by atoms with E-state index in [9.17, 15) is 14.0 Å². The number of aromatic amines is 1. The predicted octanol–water partition coefficient (Wildman–Crippen LogP) is 5.03. The van der Waals surface area contributed by atoms with Gasteiger partial charge >= 0.3 is 0 Å². The van der Waals surface area contributed by atoms with Gasteiger partial charge in [-0.05, 0) is 48.0 Å². The quantitative estimate of drug-likeness (QED) is 0.357. The Morgan fingerprint density at radius 2 is 1.76 bits per heavy atom. The number of alkyl halides is 1. The molecule has 0 spiro atoms. The third-order valence-corrected chi connectivity index (χ3v) is 5.53. The Morgan fingerprint density at radius 3 is 2.55 bits per heavy atom. The molecular weight excluding hydrogens is 421 g/mol. The molecule has 0 bridgehead atoms. The number of aryl methyl sites for hydroxylation is 1. The molecule has 164 valence electrons. The number of amides is 2. The van der Waals surface area contributed by atoms with Crippen molar-refractivity contribution in [2.45, 2.75) is 6.67 Å². The molecule has 33 heavy (non-hydrogen) atoms. The molecule has 0 fully saturated rings. The number of pyridine rings is 1. The Bertz CT molecular complexity index is 1520. The normalized spacial score (nSPS) is 11.1. The van der Waals surface area contributed by atoms with Gasteiger partial charge in [-0.2, -0.15) is 0 Å². The summed E-state index contributed by atoms with van der Waals surface area (Å²) < 4.78 is 14.7. The van der Waals surface area contributed by atoms with Gasteiger partial charge in [0.1, 0.15) is 18.0 Å². The predicted molar refractivity (Wildman–Crippen MR) is 126 cm³/mol. The number of rotatable bonds is 5. The van der Waals surface area contributed by atoms with Gasteiger partial charge in [0, 0.05) is 47.2 Å². The van der Waals surface area contributed by atoms with E-state index in [4.69, 9.17) is 0 Å². The summed E-state index contributed by atoms with van der Waals surface area (Å²) in [6, 6.07) is 17.0. The van der Waals surface area contributed by atoms with Gasteiger partial charge in [0.05, 0.1) is 5.52 Å². The van der Waals surface area contributed by atoms with Crippen LogP contribution in [-0.4, -0.2) is 26.3 Å². The molecule has 3 N–H and O–H groups in total. The second-order valence-corrected chi connectivity index (χ2v) is 7.71. The maximum absolute atomic E-state index is 13.0. The van der Waals surface area contributed by atoms with Crippen molar-refractivity contribution >= 4 is 45.1 Å². The second kappa shape index (κ2) is 8.23. The van der Waals surface area contributed by atoms with E-state index in [0.29, 0.717) is 28.2 Å². The van der Waals surface area contributed by atoms with E-state index in [1.807, 2.05) is 23.9 Å². The smallest absolute Gasteiger partial charge is 0.272 e. The van der Waals surface area contributed by atoms with E-state index < -0.39 is 6.67 Å². The molecule has 0 saturated heterocycles. The van der Waals surface area contributed by atoms with E-state index in [2.05, 4.69) is 20.6 Å². The molecule has 0 saturated carbocycles. The van der Waals surface area contributed by atoms with Gasteiger partial charge in [0.15, 0.2) is 0 Å². The number of nitrogens with zero attached hydrogens (tertiary/aromatic N) is 2. The van der Waals surface area contributed by atoms with Gasteiger partial charge in [0.25, 0.3) is 11.8 Å². The van der Waals surface area contributed by atoms with Crippen molar-refractivity contribution in [3.05, 3.63) is 89.9 Å². The van der Waals surface area contributed by atoms with Gasteiger partial charge in [0.2, 0.25) is 0 Å². The first-order valence-corrected chi connectivity index (χ1v) is 10.3. The number of carbonyl (C=O) groups is 2. The minimum absolute atomic E-state index is 0.281. The molecule has 2 aromatic carbocycles. The highest BCUT2D eigenvalue weighted by Crippen LogP contribution is 2.26. The summed E-state index contributed by atoms with van der Waals surface area (Å²) in [4.78, 5) is 33.0. The number of hydrogen-bond donors (Lipinski definition) is 3. The summed E-state index contributed by atoms with van der Waals surface area (Å²) in [5.74, 6) is -0.637. The summed E-state index contributed by atoms with van der Waals surface area (Å²) in [5.41, 5.74) is 4.01. The number of benzene rings is 2. The highest BCUT2D eigenvalue weighted by molar-refractivity contribution is 6.11. The molecule has 0 aliphatic carbocycles. The van der Waals surface area contributed by atoms with E-state index >= 15 is 0 Å². The molecule has 0 radical (unpaired) electrons. The van der Waals surface area contributed by atoms with Crippen LogP contribution in [0.1, 0.15) is 26.4 Å². The molecule has 7 nitrogen and oxygen atoms in total. The third-order valence-electron chi connectivity index (χ3n) is 5.53. The lowest BCUT2D eigenvalue weighted by molar-refractivity contribution is 0.101. The molecule has 0 aliphatic heterocycles. The molecule has 5 aromatic rings. The lowest BCUT2D eigenvalue weighted by Crippen LogP contribution is -2.16. The molecule has 0 unspecified atom stereocenters. The summed E-state index contributed by atoms with van der Waals surface area (Å²) >= 11 is 0. The van der Waals surface area contributed by atoms with E-state index in [1.54, 1.807) is 54.7 Å². The Kier molecular flexibility index (Phi) is 5.10. The van der Waals surface area contributed by atoms with Crippen LogP contribution in [0, 0.1) is 0 Å². The first kappa shape index (κ1) is 20.4. The fraction of sp³-hybridized carbons (Fsp3) is 0.0800. The van der Waals surface area contributed by atoms with Crippen LogP contribution in [0.25, 0.3) is 21.9 Å². The molecule has 3 aromatic heterocycles. The van der Waals surface area contributed by atoms with E-state index in [0.717, 1.165) is 21.9 Å². The molecule has 8 heteroatoms. The number of hydrogen-bond acceptors (Lipinski definition) is 3. The average Bonchev–Trinajstić information content (AvgIpc) is 3.43. The van der Waals surface area contributed by atoms with Gasteiger partial charge in [-0.3, -0.25) is 9.59 Å². The van der Waals surface area contributed by atoms with Crippen LogP contribution < -0.4 is 10.6 Å². The number of halogens is 1. The van der Waals surface area contributed by atoms with Crippen molar-refractivity contribution < 1.29 is 14.0 Å². The van der Waals surface area contributed by atoms with Crippen molar-refractivity contribution in [3.8, 4) is 0 Å². The molecule has 0 atom stereocenters. The highest BCUT2D eigenvalue weighted by atomic mass is 19.1. The van der Waals surface area contributed by atoms with E-state index in [1.165, 1.54) is 6.07 Å². The fourth-order valence-electron chi connectivity index (χ4n) is 3.94. The number of H-pyrrole nitrogens is 1. The lowest BCUT2D eigenvalue weighted by Gasteiger charge is -2.10. The largest absolute Gasteiger partial charge is 0.346 e. The minimum atomic E-state index is -0.636. The monoisotopic (exact) mass is 441 g/mol. The number of nitrogens with one attached hydrogen (secondary N) is 3. The molecular formula is C25H20FN5O2. The zero-order chi connectivity index (χ0) is 22.9. The summed E-state index contributed by atoms with van der Waals surface area (Å²) in [5, 5.41) is 7.48. The standard InChI is InChI=1S/C25H20FN5O2/c1-31-21(11-17-14-28-23-20(22(17)31)8-9-27-23)25(33)30-19-7-3-6-18(12-19)29-24(32)16-5-2-4-15(10-16)13-26/h2-12,14H,13H2,1H3,(H,27,28)(H,29,32)(H,30,33). The second-order valence-electron chi connectivity index (χ2n) is 7.71. The van der Waals surface area contributed by atoms with Crippen LogP contribution in [0.4, 0.5) is 15.8 Å². The fourth-order valence-corrected chi connectivity index (χ4v) is 3.94. The number of aromatic nitrogens is 3. The van der Waals surface area contributed by atoms with Crippen molar-refractivity contribution in [2.24, 2.45) is 7.05 Å². The minimum Gasteiger partial charge on any atom is -0.346 e. The van der Waals surface area contributed by atoms with Crippen LogP contribution in [0.3, 0.4) is 0 Å². The SMILES string of the molecule is Cn1c(C(=O)Nc2cccc(NC(=O)c3cccc(CF)c3)c2)cc2cnc3[nH]ccc3c21. The number of fused-ring (bicyclic) bond motifs is 3. The van der Waals surface area contributed by atoms with Crippen molar-refractivity contribution in [1.82, 2.24) is 14.5 Å². The van der Waals surface area contributed by atoms with Crippen LogP contribution >= 0.6 is 0 Å². The van der Waals surface area contributed by atoms with Gasteiger partial charge in [-0.1, -0.05) is 18.2 Å². The van der Waals surface area contributed by atoms with E-state index in [-0.39, 0.29) is 11.8 Å². The lowest BCUT2D eigenvalue weighted by atomic mass is 10.1. The Labute approximate surface area is 188 Å². The topological polar surface area (TPSA) is 91.8 Å². The molecule has 0 aliphatic rings. The number of anilines is 2. The third kappa shape index (κ3) is 3.82. The average molecular weight is 441 g/mol. The van der Waals surface area contributed by atoms with Gasteiger partial charge in [-0.15, -0.1) is 0 Å². The number of carbonyl (C=O) groups excluding carboxylic acids is 2. The zero-order valence-electron chi connectivity index (χ0n) is 17.7. The first-order chi connectivity index (χ1) is 16.0. The molecule has 5 rings (SSSR count). The maximum Gasteiger partial charge on any atom is 0.272 e. The summed E-state index contributed by atoms with van der Waals surface area (Å²) in [7, 11) is 1.84. The Balaban J connectivity index is 1.37. The van der Waals surface area contributed by atoms with Crippen LogP contribution in [-0.2, 0) is 13.7 Å². The Hall–Kier alpha value is -4.46. The van der Waals surface area contributed by atoms with Crippen molar-refractivity contribution in [3.63, 3.8) is 0 Å². The van der Waals surface area contributed by atoms with Gasteiger partial charge < -0.3 is 20.2 Å². The van der Waals surface area contributed by atoms with Crippen LogP contribution in [0.2, 0.25) is 0 Å². The van der Waals surface area contributed by atoms with Crippen LogP contribution in [0.15, 0.2) is 73.1 Å². The Morgan fingerprint density at radius 1 is 1.00 bits per heavy atom. The summed E-state index contributed by atoms with van der Waals surface area (Å²) in [6.45, 7) is -0.636. The highest BCUT2D eigenvalue weighted by Gasteiger charge is 2.16.